The zero-order chi connectivity index (χ0) is 27.6. The highest BCUT2D eigenvalue weighted by Crippen LogP contribution is 2.43. The second-order valence-electron chi connectivity index (χ2n) is 9.75. The number of sulfone groups is 1. The number of nitrogens with zero attached hydrogens (tertiary/aromatic N) is 5. The maximum atomic E-state index is 13.2. The van der Waals surface area contributed by atoms with Gasteiger partial charge in [-0.15, -0.1) is 0 Å². The van der Waals surface area contributed by atoms with Crippen molar-refractivity contribution < 1.29 is 17.9 Å². The molecule has 0 bridgehead atoms. The van der Waals surface area contributed by atoms with Gasteiger partial charge in [0.25, 0.3) is 0 Å². The number of benzene rings is 2. The van der Waals surface area contributed by atoms with E-state index in [2.05, 4.69) is 30.9 Å². The summed E-state index contributed by atoms with van der Waals surface area (Å²) in [6, 6.07) is 14.7. The van der Waals surface area contributed by atoms with Gasteiger partial charge in [0.05, 0.1) is 33.5 Å². The Labute approximate surface area is 226 Å². The van der Waals surface area contributed by atoms with E-state index in [-0.39, 0.29) is 29.2 Å². The lowest BCUT2D eigenvalue weighted by Gasteiger charge is -2.30. The van der Waals surface area contributed by atoms with Gasteiger partial charge in [0.2, 0.25) is 0 Å². The first-order valence-corrected chi connectivity index (χ1v) is 14.4. The summed E-state index contributed by atoms with van der Waals surface area (Å²) in [6.45, 7) is 3.55. The minimum absolute atomic E-state index is 0.141. The first-order valence-electron chi connectivity index (χ1n) is 12.8. The molecule has 1 saturated carbocycles. The molecule has 0 spiro atoms. The van der Waals surface area contributed by atoms with Gasteiger partial charge in [0.1, 0.15) is 24.5 Å². The smallest absolute Gasteiger partial charge is 0.411 e. The van der Waals surface area contributed by atoms with E-state index < -0.39 is 15.9 Å². The van der Waals surface area contributed by atoms with Gasteiger partial charge in [-0.2, -0.15) is 5.26 Å². The first kappa shape index (κ1) is 26.3. The molecule has 0 radical (unpaired) electrons. The van der Waals surface area contributed by atoms with E-state index in [1.54, 1.807) is 44.2 Å². The van der Waals surface area contributed by atoms with Gasteiger partial charge < -0.3 is 9.30 Å². The van der Waals surface area contributed by atoms with Gasteiger partial charge in [-0.05, 0) is 62.9 Å². The van der Waals surface area contributed by atoms with Crippen LogP contribution in [0.2, 0.25) is 0 Å². The van der Waals surface area contributed by atoms with Crippen molar-refractivity contribution in [1.82, 2.24) is 19.5 Å². The van der Waals surface area contributed by atoms with Crippen LogP contribution in [0.5, 0.6) is 0 Å². The third-order valence-electron chi connectivity index (χ3n) is 6.78. The molecule has 0 aliphatic heterocycles. The van der Waals surface area contributed by atoms with Crippen molar-refractivity contribution in [3.63, 3.8) is 0 Å². The number of anilines is 1. The van der Waals surface area contributed by atoms with Gasteiger partial charge in [-0.3, -0.25) is 5.32 Å². The number of hydrogen-bond acceptors (Lipinski definition) is 8. The Morgan fingerprint density at radius 1 is 1.15 bits per heavy atom. The third-order valence-corrected chi connectivity index (χ3v) is 8.49. The molecule has 10 nitrogen and oxygen atoms in total. The maximum absolute atomic E-state index is 13.2. The van der Waals surface area contributed by atoms with Crippen molar-refractivity contribution in [3.8, 4) is 17.3 Å². The summed E-state index contributed by atoms with van der Waals surface area (Å²) >= 11 is 0. The number of amides is 1. The van der Waals surface area contributed by atoms with Crippen LogP contribution in [0.25, 0.3) is 22.2 Å². The van der Waals surface area contributed by atoms with E-state index >= 15 is 0 Å². The molecule has 1 amide bonds. The first-order chi connectivity index (χ1) is 18.8. The molecule has 2 aromatic heterocycles. The van der Waals surface area contributed by atoms with Crippen molar-refractivity contribution >= 4 is 32.5 Å². The van der Waals surface area contributed by atoms with Crippen molar-refractivity contribution in [1.29, 1.82) is 5.26 Å². The number of carbonyl (C=O) groups excluding carboxylic acids is 1. The van der Waals surface area contributed by atoms with Crippen LogP contribution in [0.4, 0.5) is 10.5 Å². The molecule has 5 rings (SSSR count). The summed E-state index contributed by atoms with van der Waals surface area (Å²) in [5, 5.41) is 13.6. The van der Waals surface area contributed by atoms with Crippen LogP contribution in [0, 0.1) is 11.3 Å². The van der Waals surface area contributed by atoms with Gasteiger partial charge in [-0.1, -0.05) is 18.2 Å². The number of nitriles is 1. The van der Waals surface area contributed by atoms with E-state index in [1.165, 1.54) is 12.7 Å². The molecule has 200 valence electrons. The number of ether oxygens (including phenoxy) is 1. The molecular formula is C28H28N6O4S. The minimum Gasteiger partial charge on any atom is -0.447 e. The van der Waals surface area contributed by atoms with Crippen molar-refractivity contribution in [2.24, 2.45) is 0 Å². The van der Waals surface area contributed by atoms with Gasteiger partial charge in [0, 0.05) is 23.5 Å². The molecule has 11 heteroatoms. The Balaban J connectivity index is 1.53. The lowest BCUT2D eigenvalue weighted by molar-refractivity contribution is 0.130. The summed E-state index contributed by atoms with van der Waals surface area (Å²) in [4.78, 5) is 24.0. The van der Waals surface area contributed by atoms with Crippen LogP contribution < -0.4 is 5.32 Å². The molecule has 1 N–H and O–H groups in total. The Kier molecular flexibility index (Phi) is 7.30. The monoisotopic (exact) mass is 544 g/mol. The van der Waals surface area contributed by atoms with E-state index in [4.69, 9.17) is 4.74 Å². The van der Waals surface area contributed by atoms with Crippen LogP contribution in [0.3, 0.4) is 0 Å². The summed E-state index contributed by atoms with van der Waals surface area (Å²) in [5.74, 6) is 0.273. The summed E-state index contributed by atoms with van der Waals surface area (Å²) in [7, 11) is -3.63. The van der Waals surface area contributed by atoms with E-state index in [9.17, 15) is 18.5 Å². The predicted molar refractivity (Wildman–Crippen MR) is 146 cm³/mol. The number of aromatic nitrogens is 4. The second kappa shape index (κ2) is 10.8. The molecule has 2 heterocycles. The number of nitrogens with one attached hydrogen (secondary N) is 1. The molecule has 0 saturated heterocycles. The molecular weight excluding hydrogens is 516 g/mol. The summed E-state index contributed by atoms with van der Waals surface area (Å²) in [6.07, 6.45) is 5.04. The lowest BCUT2D eigenvalue weighted by atomic mass is 9.92. The number of hydrogen-bond donors (Lipinski definition) is 1. The van der Waals surface area contributed by atoms with Crippen molar-refractivity contribution in [2.75, 3.05) is 11.1 Å². The summed E-state index contributed by atoms with van der Waals surface area (Å²) in [5.41, 5.74) is 3.33. The number of fused-ring (bicyclic) bond motifs is 1. The maximum Gasteiger partial charge on any atom is 0.411 e. The number of aryl methyl sites for hydroxylation is 1. The van der Waals surface area contributed by atoms with E-state index in [0.717, 1.165) is 36.0 Å². The van der Waals surface area contributed by atoms with Gasteiger partial charge in [0.15, 0.2) is 9.84 Å². The fourth-order valence-corrected chi connectivity index (χ4v) is 5.97. The molecule has 39 heavy (non-hydrogen) atoms. The van der Waals surface area contributed by atoms with E-state index in [0.29, 0.717) is 22.5 Å². The Morgan fingerprint density at radius 2 is 1.87 bits per heavy atom. The topological polar surface area (TPSA) is 140 Å². The molecule has 1 fully saturated rings. The minimum atomic E-state index is -3.63. The Hall–Kier alpha value is -4.30. The highest BCUT2D eigenvalue weighted by atomic mass is 32.2. The Bertz CT molecular complexity index is 1650. The molecule has 1 aliphatic rings. The fraction of sp³-hybridized carbons (Fsp3) is 0.321. The normalized spacial score (nSPS) is 13.7. The quantitative estimate of drug-likeness (QED) is 0.324. The van der Waals surface area contributed by atoms with Crippen LogP contribution in [-0.4, -0.2) is 45.9 Å². The highest BCUT2D eigenvalue weighted by molar-refractivity contribution is 7.91. The SMILES string of the molecule is CC(C)OC(=O)Nc1ccc(-c2c(C#N)c3ccc(S(=O)(=O)CCc4ncncn4)cc3n2C2CCC2)cc1. The fourth-order valence-electron chi connectivity index (χ4n) is 4.71. The van der Waals surface area contributed by atoms with Crippen LogP contribution in [-0.2, 0) is 21.0 Å². The molecule has 0 atom stereocenters. The van der Waals surface area contributed by atoms with Crippen molar-refractivity contribution in [3.05, 3.63) is 66.5 Å². The number of carbonyl (C=O) groups is 1. The molecule has 4 aromatic rings. The third kappa shape index (κ3) is 5.47. The second-order valence-corrected chi connectivity index (χ2v) is 11.9. The van der Waals surface area contributed by atoms with Crippen LogP contribution in [0.1, 0.15) is 50.5 Å². The molecule has 1 aliphatic carbocycles. The Morgan fingerprint density at radius 3 is 2.49 bits per heavy atom. The standard InChI is InChI=1S/C28H28N6O4S/c1-18(2)38-28(35)33-20-8-6-19(7-9-20)27-24(15-29)23-11-10-22(14-25(23)34(27)21-4-3-5-21)39(36,37)13-12-26-31-16-30-17-32-26/h6-11,14,16-18,21H,3-5,12-13H2,1-2H3,(H,33,35). The van der Waals surface area contributed by atoms with Crippen LogP contribution in [0.15, 0.2) is 60.0 Å². The van der Waals surface area contributed by atoms with Gasteiger partial charge in [-0.25, -0.2) is 28.2 Å². The average Bonchev–Trinajstić information content (AvgIpc) is 3.20. The molecule has 2 aromatic carbocycles. The molecule has 0 unspecified atom stereocenters. The number of rotatable bonds is 8. The highest BCUT2D eigenvalue weighted by Gasteiger charge is 2.29. The zero-order valence-corrected chi connectivity index (χ0v) is 22.5. The lowest BCUT2D eigenvalue weighted by Crippen LogP contribution is -2.18. The average molecular weight is 545 g/mol. The zero-order valence-electron chi connectivity index (χ0n) is 21.7. The van der Waals surface area contributed by atoms with Gasteiger partial charge >= 0.3 is 6.09 Å². The van der Waals surface area contributed by atoms with Crippen molar-refractivity contribution in [2.45, 2.75) is 56.6 Å². The summed E-state index contributed by atoms with van der Waals surface area (Å²) < 4.78 is 33.7. The van der Waals surface area contributed by atoms with E-state index in [1.807, 2.05) is 12.1 Å². The van der Waals surface area contributed by atoms with Crippen LogP contribution >= 0.6 is 0 Å². The predicted octanol–water partition coefficient (Wildman–Crippen LogP) is 5.06. The largest absolute Gasteiger partial charge is 0.447 e.